The molecule has 0 aliphatic heterocycles. The van der Waals surface area contributed by atoms with Gasteiger partial charge >= 0.3 is 0 Å². The van der Waals surface area contributed by atoms with Crippen molar-refractivity contribution in [2.75, 3.05) is 11.9 Å². The van der Waals surface area contributed by atoms with Gasteiger partial charge in [0.25, 0.3) is 5.91 Å². The van der Waals surface area contributed by atoms with Crippen molar-refractivity contribution in [3.8, 4) is 5.75 Å². The average molecular weight is 425 g/mol. The van der Waals surface area contributed by atoms with Crippen LogP contribution in [0.15, 0.2) is 78.9 Å². The molecule has 4 nitrogen and oxygen atoms in total. The fourth-order valence-corrected chi connectivity index (χ4v) is 3.16. The molecule has 0 aliphatic rings. The van der Waals surface area contributed by atoms with E-state index in [9.17, 15) is 4.79 Å². The number of thiocarbonyl (C=S) groups is 1. The highest BCUT2D eigenvalue weighted by Gasteiger charge is 2.11. The zero-order valence-corrected chi connectivity index (χ0v) is 17.3. The van der Waals surface area contributed by atoms with E-state index in [-0.39, 0.29) is 11.0 Å². The number of hydrogen-bond donors (Lipinski definition) is 2. The highest BCUT2D eigenvalue weighted by Crippen LogP contribution is 2.17. The molecule has 29 heavy (non-hydrogen) atoms. The summed E-state index contributed by atoms with van der Waals surface area (Å²) in [5.74, 6) is 0.432. The van der Waals surface area contributed by atoms with Crippen molar-refractivity contribution in [3.05, 3.63) is 95.0 Å². The Morgan fingerprint density at radius 3 is 2.34 bits per heavy atom. The van der Waals surface area contributed by atoms with Crippen LogP contribution in [0.4, 0.5) is 5.69 Å². The van der Waals surface area contributed by atoms with Crippen molar-refractivity contribution in [1.82, 2.24) is 5.32 Å². The third-order valence-electron chi connectivity index (χ3n) is 4.18. The zero-order valence-electron chi connectivity index (χ0n) is 15.7. The van der Waals surface area contributed by atoms with Gasteiger partial charge in [0.05, 0.1) is 17.2 Å². The van der Waals surface area contributed by atoms with Crippen LogP contribution in [-0.2, 0) is 6.42 Å². The number of carbonyl (C=O) groups is 1. The van der Waals surface area contributed by atoms with Gasteiger partial charge in [-0.15, -0.1) is 0 Å². The van der Waals surface area contributed by atoms with E-state index in [1.807, 2.05) is 42.5 Å². The first-order valence-corrected chi connectivity index (χ1v) is 10.0. The molecule has 0 aliphatic carbocycles. The second-order valence-electron chi connectivity index (χ2n) is 6.35. The molecule has 0 saturated carbocycles. The molecule has 3 rings (SSSR count). The van der Waals surface area contributed by atoms with Crippen molar-refractivity contribution < 1.29 is 9.53 Å². The molecule has 0 bridgehead atoms. The quantitative estimate of drug-likeness (QED) is 0.389. The predicted octanol–water partition coefficient (Wildman–Crippen LogP) is 5.48. The average Bonchev–Trinajstić information content (AvgIpc) is 2.73. The third kappa shape index (κ3) is 6.59. The van der Waals surface area contributed by atoms with Gasteiger partial charge in [0.15, 0.2) is 5.11 Å². The van der Waals surface area contributed by atoms with Crippen LogP contribution in [0.2, 0.25) is 5.02 Å². The minimum atomic E-state index is -0.355. The molecular formula is C23H21ClN2O2S. The topological polar surface area (TPSA) is 50.4 Å². The lowest BCUT2D eigenvalue weighted by Gasteiger charge is -2.11. The fraction of sp³-hybridized carbons (Fsp3) is 0.130. The van der Waals surface area contributed by atoms with Crippen LogP contribution < -0.4 is 15.4 Å². The van der Waals surface area contributed by atoms with Crippen LogP contribution in [0.25, 0.3) is 0 Å². The number of benzene rings is 3. The van der Waals surface area contributed by atoms with E-state index in [1.54, 1.807) is 24.3 Å². The van der Waals surface area contributed by atoms with E-state index >= 15 is 0 Å². The van der Waals surface area contributed by atoms with Crippen molar-refractivity contribution >= 4 is 40.5 Å². The van der Waals surface area contributed by atoms with Crippen molar-refractivity contribution in [1.29, 1.82) is 0 Å². The zero-order chi connectivity index (χ0) is 20.5. The molecule has 0 saturated heterocycles. The second-order valence-corrected chi connectivity index (χ2v) is 7.17. The third-order valence-corrected chi connectivity index (χ3v) is 4.71. The molecule has 0 fully saturated rings. The molecule has 3 aromatic carbocycles. The van der Waals surface area contributed by atoms with Gasteiger partial charge in [0.2, 0.25) is 0 Å². The number of anilines is 1. The number of amides is 1. The molecule has 6 heteroatoms. The Hall–Kier alpha value is -2.89. The molecular weight excluding hydrogens is 404 g/mol. The number of hydrogen-bond acceptors (Lipinski definition) is 3. The van der Waals surface area contributed by atoms with E-state index in [0.29, 0.717) is 17.2 Å². The number of carbonyl (C=O) groups excluding carboxylic acids is 1. The summed E-state index contributed by atoms with van der Waals surface area (Å²) in [5.41, 5.74) is 2.44. The Morgan fingerprint density at radius 1 is 0.931 bits per heavy atom. The maximum Gasteiger partial charge on any atom is 0.258 e. The van der Waals surface area contributed by atoms with Crippen LogP contribution in [0.3, 0.4) is 0 Å². The summed E-state index contributed by atoms with van der Waals surface area (Å²) >= 11 is 11.2. The standard InChI is InChI=1S/C23H21ClN2O2S/c24-21-11-5-4-10-20(21)22(27)26-23(29)25-18-12-14-19(15-13-18)28-16-6-9-17-7-2-1-3-8-17/h1-5,7-8,10-15H,6,9,16H2,(H2,25,26,27,29). The van der Waals surface area contributed by atoms with Gasteiger partial charge in [-0.1, -0.05) is 54.1 Å². The molecule has 0 aromatic heterocycles. The Morgan fingerprint density at radius 2 is 1.62 bits per heavy atom. The molecule has 0 heterocycles. The van der Waals surface area contributed by atoms with Crippen molar-refractivity contribution in [2.45, 2.75) is 12.8 Å². The van der Waals surface area contributed by atoms with E-state index in [1.165, 1.54) is 5.56 Å². The summed E-state index contributed by atoms with van der Waals surface area (Å²) in [4.78, 5) is 12.2. The number of aryl methyl sites for hydroxylation is 1. The monoisotopic (exact) mass is 424 g/mol. The minimum Gasteiger partial charge on any atom is -0.494 e. The minimum absolute atomic E-state index is 0.200. The van der Waals surface area contributed by atoms with Gasteiger partial charge in [0, 0.05) is 5.69 Å². The van der Waals surface area contributed by atoms with E-state index in [0.717, 1.165) is 24.3 Å². The number of ether oxygens (including phenoxy) is 1. The summed E-state index contributed by atoms with van der Waals surface area (Å²) in [6.45, 7) is 0.647. The first-order valence-electron chi connectivity index (χ1n) is 9.25. The molecule has 0 unspecified atom stereocenters. The Balaban J connectivity index is 1.43. The molecule has 2 N–H and O–H groups in total. The van der Waals surface area contributed by atoms with Crippen LogP contribution in [-0.4, -0.2) is 17.6 Å². The molecule has 148 valence electrons. The van der Waals surface area contributed by atoms with E-state index in [4.69, 9.17) is 28.6 Å². The SMILES string of the molecule is O=C(NC(=S)Nc1ccc(OCCCc2ccccc2)cc1)c1ccccc1Cl. The van der Waals surface area contributed by atoms with Gasteiger partial charge in [-0.2, -0.15) is 0 Å². The number of halogens is 1. The lowest BCUT2D eigenvalue weighted by molar-refractivity contribution is 0.0978. The summed E-state index contributed by atoms with van der Waals surface area (Å²) in [6, 6.07) is 24.6. The smallest absolute Gasteiger partial charge is 0.258 e. The van der Waals surface area contributed by atoms with Gasteiger partial charge in [-0.3, -0.25) is 10.1 Å². The summed E-state index contributed by atoms with van der Waals surface area (Å²) in [5, 5.41) is 6.18. The van der Waals surface area contributed by atoms with Gasteiger partial charge in [0.1, 0.15) is 5.75 Å². The van der Waals surface area contributed by atoms with E-state index in [2.05, 4.69) is 22.8 Å². The molecule has 0 atom stereocenters. The molecule has 0 radical (unpaired) electrons. The van der Waals surface area contributed by atoms with Crippen LogP contribution in [0.5, 0.6) is 5.75 Å². The lowest BCUT2D eigenvalue weighted by Crippen LogP contribution is -2.34. The number of nitrogens with one attached hydrogen (secondary N) is 2. The lowest BCUT2D eigenvalue weighted by atomic mass is 10.1. The summed E-state index contributed by atoms with van der Waals surface area (Å²) < 4.78 is 5.78. The van der Waals surface area contributed by atoms with Gasteiger partial charge in [-0.25, -0.2) is 0 Å². The number of rotatable bonds is 7. The maximum absolute atomic E-state index is 12.2. The van der Waals surface area contributed by atoms with Gasteiger partial charge < -0.3 is 10.1 Å². The van der Waals surface area contributed by atoms with E-state index < -0.39 is 0 Å². The highest BCUT2D eigenvalue weighted by molar-refractivity contribution is 7.80. The second kappa shape index (κ2) is 10.6. The van der Waals surface area contributed by atoms with Crippen molar-refractivity contribution in [3.63, 3.8) is 0 Å². The molecule has 1 amide bonds. The van der Waals surface area contributed by atoms with Crippen LogP contribution in [0, 0.1) is 0 Å². The maximum atomic E-state index is 12.2. The predicted molar refractivity (Wildman–Crippen MR) is 122 cm³/mol. The summed E-state index contributed by atoms with van der Waals surface area (Å²) in [7, 11) is 0. The van der Waals surface area contributed by atoms with Gasteiger partial charge in [-0.05, 0) is 67.0 Å². The first kappa shape index (κ1) is 20.8. The Labute approximate surface area is 180 Å². The summed E-state index contributed by atoms with van der Waals surface area (Å²) in [6.07, 6.45) is 1.93. The molecule has 3 aromatic rings. The van der Waals surface area contributed by atoms with Crippen molar-refractivity contribution in [2.24, 2.45) is 0 Å². The van der Waals surface area contributed by atoms with Crippen LogP contribution in [0.1, 0.15) is 22.3 Å². The van der Waals surface area contributed by atoms with Crippen LogP contribution >= 0.6 is 23.8 Å². The fourth-order valence-electron chi connectivity index (χ4n) is 2.72. The Kier molecular flexibility index (Phi) is 7.61. The Bertz CT molecular complexity index is 962. The largest absolute Gasteiger partial charge is 0.494 e. The molecule has 0 spiro atoms. The highest BCUT2D eigenvalue weighted by atomic mass is 35.5. The first-order chi connectivity index (χ1) is 14.1. The normalized spacial score (nSPS) is 10.2.